The Balaban J connectivity index is 1.91. The van der Waals surface area contributed by atoms with E-state index in [0.29, 0.717) is 15.5 Å². The maximum Gasteiger partial charge on any atom is 0.404 e. The van der Waals surface area contributed by atoms with Crippen molar-refractivity contribution in [3.05, 3.63) is 41.0 Å². The van der Waals surface area contributed by atoms with E-state index >= 15 is 0 Å². The summed E-state index contributed by atoms with van der Waals surface area (Å²) in [7, 11) is 0. The molecule has 1 fully saturated rings. The summed E-state index contributed by atoms with van der Waals surface area (Å²) in [5.41, 5.74) is -3.39. The van der Waals surface area contributed by atoms with E-state index in [2.05, 4.69) is 10.2 Å². The summed E-state index contributed by atoms with van der Waals surface area (Å²) in [6.45, 7) is -2.15. The molecular formula is C16H12ClF6N3O. The molecule has 1 amide bonds. The van der Waals surface area contributed by atoms with Gasteiger partial charge in [-0.3, -0.25) is 9.89 Å². The SMILES string of the molecule is O=C(c1cn[nH]c1-c1ccc(Cl)cc1)N1CCC(C(F)(F)F)(C(F)(F)F)C1. The van der Waals surface area contributed by atoms with Crippen LogP contribution in [0.4, 0.5) is 26.3 Å². The van der Waals surface area contributed by atoms with Crippen LogP contribution in [-0.2, 0) is 0 Å². The van der Waals surface area contributed by atoms with Crippen molar-refractivity contribution in [2.75, 3.05) is 13.1 Å². The van der Waals surface area contributed by atoms with Crippen LogP contribution in [0.1, 0.15) is 16.8 Å². The van der Waals surface area contributed by atoms with Crippen molar-refractivity contribution >= 4 is 17.5 Å². The second-order valence-electron chi connectivity index (χ2n) is 6.22. The lowest BCUT2D eigenvalue weighted by molar-refractivity contribution is -0.334. The van der Waals surface area contributed by atoms with Crippen molar-refractivity contribution in [2.24, 2.45) is 5.41 Å². The zero-order valence-electron chi connectivity index (χ0n) is 13.5. The lowest BCUT2D eigenvalue weighted by Gasteiger charge is -2.33. The summed E-state index contributed by atoms with van der Waals surface area (Å²) >= 11 is 5.78. The number of alkyl halides is 6. The molecule has 1 saturated heterocycles. The fourth-order valence-electron chi connectivity index (χ4n) is 3.06. The van der Waals surface area contributed by atoms with Crippen LogP contribution >= 0.6 is 11.6 Å². The molecule has 2 heterocycles. The van der Waals surface area contributed by atoms with Gasteiger partial charge in [0.05, 0.1) is 17.5 Å². The largest absolute Gasteiger partial charge is 0.404 e. The third kappa shape index (κ3) is 3.26. The number of H-pyrrole nitrogens is 1. The first-order valence-electron chi connectivity index (χ1n) is 7.68. The topological polar surface area (TPSA) is 49.0 Å². The molecule has 146 valence electrons. The molecule has 4 nitrogen and oxygen atoms in total. The molecular weight excluding hydrogens is 400 g/mol. The van der Waals surface area contributed by atoms with Gasteiger partial charge >= 0.3 is 12.4 Å². The molecule has 0 saturated carbocycles. The molecule has 1 aliphatic heterocycles. The van der Waals surface area contributed by atoms with Crippen LogP contribution in [0.15, 0.2) is 30.5 Å². The predicted octanol–water partition coefficient (Wildman–Crippen LogP) is 4.69. The van der Waals surface area contributed by atoms with Gasteiger partial charge in [0.15, 0.2) is 5.41 Å². The highest BCUT2D eigenvalue weighted by Gasteiger charge is 2.72. The summed E-state index contributed by atoms with van der Waals surface area (Å²) in [6, 6.07) is 6.15. The molecule has 0 atom stereocenters. The van der Waals surface area contributed by atoms with Crippen LogP contribution in [0, 0.1) is 5.41 Å². The van der Waals surface area contributed by atoms with Gasteiger partial charge in [-0.1, -0.05) is 23.7 Å². The van der Waals surface area contributed by atoms with E-state index in [4.69, 9.17) is 11.6 Å². The van der Waals surface area contributed by atoms with E-state index in [0.717, 1.165) is 6.20 Å². The number of carbonyl (C=O) groups excluding carboxylic acids is 1. The van der Waals surface area contributed by atoms with Gasteiger partial charge < -0.3 is 4.90 Å². The molecule has 3 rings (SSSR count). The normalized spacial score (nSPS) is 17.4. The van der Waals surface area contributed by atoms with Gasteiger partial charge in [-0.05, 0) is 18.6 Å². The number of halogens is 7. The molecule has 1 aromatic carbocycles. The van der Waals surface area contributed by atoms with Crippen LogP contribution in [0.25, 0.3) is 11.3 Å². The zero-order chi connectivity index (χ0) is 20.0. The Kier molecular flexibility index (Phi) is 4.65. The molecule has 27 heavy (non-hydrogen) atoms. The van der Waals surface area contributed by atoms with Crippen LogP contribution < -0.4 is 0 Å². The highest BCUT2D eigenvalue weighted by Crippen LogP contribution is 2.55. The molecule has 1 N–H and O–H groups in total. The van der Waals surface area contributed by atoms with Crippen molar-refractivity contribution in [1.82, 2.24) is 15.1 Å². The van der Waals surface area contributed by atoms with Crippen molar-refractivity contribution < 1.29 is 31.1 Å². The van der Waals surface area contributed by atoms with Crippen LogP contribution in [0.3, 0.4) is 0 Å². The summed E-state index contributed by atoms with van der Waals surface area (Å²) < 4.78 is 79.1. The first-order chi connectivity index (χ1) is 12.5. The summed E-state index contributed by atoms with van der Waals surface area (Å²) in [6.07, 6.45) is -11.2. The lowest BCUT2D eigenvalue weighted by Crippen LogP contribution is -2.52. The van der Waals surface area contributed by atoms with Gasteiger partial charge in [0.25, 0.3) is 5.91 Å². The molecule has 0 unspecified atom stereocenters. The van der Waals surface area contributed by atoms with Gasteiger partial charge in [0, 0.05) is 23.7 Å². The van der Waals surface area contributed by atoms with E-state index in [-0.39, 0.29) is 11.3 Å². The van der Waals surface area contributed by atoms with Gasteiger partial charge in [-0.2, -0.15) is 31.4 Å². The summed E-state index contributed by atoms with van der Waals surface area (Å²) in [5.74, 6) is -0.955. The number of carbonyl (C=O) groups is 1. The number of nitrogens with one attached hydrogen (secondary N) is 1. The summed E-state index contributed by atoms with van der Waals surface area (Å²) in [5, 5.41) is 6.66. The first-order valence-corrected chi connectivity index (χ1v) is 8.06. The summed E-state index contributed by atoms with van der Waals surface area (Å²) in [4.78, 5) is 13.2. The molecule has 0 spiro atoms. The van der Waals surface area contributed by atoms with Crippen molar-refractivity contribution in [2.45, 2.75) is 18.8 Å². The second kappa shape index (κ2) is 6.43. The monoisotopic (exact) mass is 411 g/mol. The van der Waals surface area contributed by atoms with Crippen molar-refractivity contribution in [1.29, 1.82) is 0 Å². The number of nitrogens with zero attached hydrogens (tertiary/aromatic N) is 2. The minimum absolute atomic E-state index is 0.113. The maximum atomic E-state index is 13.2. The number of likely N-dealkylation sites (tertiary alicyclic amines) is 1. The Morgan fingerprint density at radius 2 is 1.70 bits per heavy atom. The average molecular weight is 412 g/mol. The molecule has 11 heteroatoms. The quantitative estimate of drug-likeness (QED) is 0.729. The van der Waals surface area contributed by atoms with Gasteiger partial charge in [-0.15, -0.1) is 0 Å². The molecule has 1 aliphatic rings. The molecule has 1 aromatic heterocycles. The van der Waals surface area contributed by atoms with Gasteiger partial charge in [0.2, 0.25) is 0 Å². The Bertz CT molecular complexity index is 829. The molecule has 2 aromatic rings. The number of hydrogen-bond donors (Lipinski definition) is 1. The van der Waals surface area contributed by atoms with Crippen LogP contribution in [-0.4, -0.2) is 46.4 Å². The van der Waals surface area contributed by atoms with Crippen LogP contribution in [0.2, 0.25) is 5.02 Å². The third-order valence-corrected chi connectivity index (χ3v) is 4.90. The van der Waals surface area contributed by atoms with Crippen molar-refractivity contribution in [3.8, 4) is 11.3 Å². The molecule has 0 aliphatic carbocycles. The van der Waals surface area contributed by atoms with E-state index < -0.39 is 43.2 Å². The van der Waals surface area contributed by atoms with E-state index in [1.54, 1.807) is 12.1 Å². The number of hydrogen-bond acceptors (Lipinski definition) is 2. The Morgan fingerprint density at radius 3 is 2.22 bits per heavy atom. The Hall–Kier alpha value is -2.23. The minimum Gasteiger partial charge on any atom is -0.337 e. The van der Waals surface area contributed by atoms with Crippen molar-refractivity contribution in [3.63, 3.8) is 0 Å². The standard InChI is InChI=1S/C16H12ClF6N3O/c17-10-3-1-9(2-4-10)12-11(7-24-25-12)13(27)26-6-5-14(8-26,15(18,19)20)16(21,22)23/h1-4,7H,5-6,8H2,(H,24,25). The Morgan fingerprint density at radius 1 is 1.11 bits per heavy atom. The van der Waals surface area contributed by atoms with E-state index in [1.165, 1.54) is 12.1 Å². The molecule has 0 radical (unpaired) electrons. The minimum atomic E-state index is -5.52. The fraction of sp³-hybridized carbons (Fsp3) is 0.375. The smallest absolute Gasteiger partial charge is 0.337 e. The van der Waals surface area contributed by atoms with Crippen LogP contribution in [0.5, 0.6) is 0 Å². The highest BCUT2D eigenvalue weighted by atomic mass is 35.5. The fourth-order valence-corrected chi connectivity index (χ4v) is 3.19. The number of benzene rings is 1. The number of rotatable bonds is 2. The zero-order valence-corrected chi connectivity index (χ0v) is 14.2. The number of amides is 1. The van der Waals surface area contributed by atoms with Gasteiger partial charge in [-0.25, -0.2) is 0 Å². The highest BCUT2D eigenvalue weighted by molar-refractivity contribution is 6.30. The van der Waals surface area contributed by atoms with E-state index in [9.17, 15) is 31.1 Å². The Labute approximate surface area is 154 Å². The molecule has 0 bridgehead atoms. The number of aromatic amines is 1. The lowest BCUT2D eigenvalue weighted by atomic mass is 9.85. The van der Waals surface area contributed by atoms with Gasteiger partial charge in [0.1, 0.15) is 0 Å². The first kappa shape index (κ1) is 19.5. The number of aromatic nitrogens is 2. The average Bonchev–Trinajstić information content (AvgIpc) is 3.22. The third-order valence-electron chi connectivity index (χ3n) is 4.64. The van der Waals surface area contributed by atoms with E-state index in [1.807, 2.05) is 0 Å². The predicted molar refractivity (Wildman–Crippen MR) is 84.1 cm³/mol. The second-order valence-corrected chi connectivity index (χ2v) is 6.66. The maximum absolute atomic E-state index is 13.2.